The van der Waals surface area contributed by atoms with Gasteiger partial charge in [-0.15, -0.1) is 0 Å². The third-order valence-corrected chi connectivity index (χ3v) is 6.50. The smallest absolute Gasteiger partial charge is 0.241 e. The molecule has 4 rings (SSSR count). The molecule has 3 aromatic rings. The monoisotopic (exact) mass is 430 g/mol. The van der Waals surface area contributed by atoms with E-state index >= 15 is 0 Å². The zero-order chi connectivity index (χ0) is 20.4. The Bertz CT molecular complexity index is 987. The largest absolute Gasteiger partial charge is 0.274 e. The molecule has 0 amide bonds. The summed E-state index contributed by atoms with van der Waals surface area (Å²) in [6, 6.07) is 21.5. The zero-order valence-electron chi connectivity index (χ0n) is 16.4. The van der Waals surface area contributed by atoms with E-state index in [9.17, 15) is 4.39 Å². The highest BCUT2D eigenvalue weighted by Crippen LogP contribution is 2.19. The van der Waals surface area contributed by atoms with Gasteiger partial charge in [-0.3, -0.25) is 9.80 Å². The summed E-state index contributed by atoms with van der Waals surface area (Å²) < 4.78 is 14.5. The van der Waals surface area contributed by atoms with Crippen LogP contribution in [0, 0.1) is 12.7 Å². The Morgan fingerprint density at radius 1 is 0.897 bits per heavy atom. The fraction of sp³-hybridized carbons (Fsp3) is 0.250. The molecule has 1 aliphatic rings. The molecule has 0 aromatic heterocycles. The van der Waals surface area contributed by atoms with Gasteiger partial charge in [-0.25, -0.2) is 4.39 Å². The fourth-order valence-electron chi connectivity index (χ4n) is 4.42. The Balaban J connectivity index is 1.67. The molecule has 0 saturated carbocycles. The minimum atomic E-state index is -0.234. The maximum atomic E-state index is 14.5. The van der Waals surface area contributed by atoms with Crippen molar-refractivity contribution in [2.75, 3.05) is 13.1 Å². The summed E-state index contributed by atoms with van der Waals surface area (Å²) in [6.45, 7) is 5.59. The number of halogens is 3. The summed E-state index contributed by atoms with van der Waals surface area (Å²) >= 11 is 12.6. The van der Waals surface area contributed by atoms with Crippen molar-refractivity contribution in [3.8, 4) is 0 Å². The molecular weight excluding hydrogens is 406 g/mol. The summed E-state index contributed by atoms with van der Waals surface area (Å²) in [5.41, 5.74) is 4.42. The van der Waals surface area contributed by atoms with Gasteiger partial charge in [0.15, 0.2) is 0 Å². The van der Waals surface area contributed by atoms with Crippen molar-refractivity contribution in [3.63, 3.8) is 0 Å². The lowest BCUT2D eigenvalue weighted by atomic mass is 10.1. The van der Waals surface area contributed by atoms with E-state index in [1.165, 1.54) is 32.6 Å². The second-order valence-corrected chi connectivity index (χ2v) is 8.63. The first-order valence-corrected chi connectivity index (χ1v) is 10.7. The van der Waals surface area contributed by atoms with Gasteiger partial charge in [0.05, 0.1) is 16.1 Å². The fourth-order valence-corrected chi connectivity index (χ4v) is 4.85. The summed E-state index contributed by atoms with van der Waals surface area (Å²) in [4.78, 5) is 2.77. The van der Waals surface area contributed by atoms with Gasteiger partial charge in [-0.05, 0) is 42.8 Å². The standard InChI is InChI=1S/C24H23Cl2FN2/c1-17-6-2-3-7-19(17)15-28-12-13-29(16-21-22(26)10-5-11-23(21)27)24(28)18-8-4-9-20(25)14-18/h2-11,14,24H,12-13,15-16H2,1H3/p+2. The van der Waals surface area contributed by atoms with Gasteiger partial charge in [0.25, 0.3) is 0 Å². The van der Waals surface area contributed by atoms with Crippen LogP contribution >= 0.6 is 23.2 Å². The zero-order valence-corrected chi connectivity index (χ0v) is 17.9. The summed E-state index contributed by atoms with van der Waals surface area (Å²) in [5.74, 6) is -0.234. The van der Waals surface area contributed by atoms with E-state index in [1.54, 1.807) is 12.1 Å². The van der Waals surface area contributed by atoms with Crippen molar-refractivity contribution < 1.29 is 14.2 Å². The molecule has 150 valence electrons. The van der Waals surface area contributed by atoms with E-state index < -0.39 is 0 Å². The molecule has 5 heteroatoms. The maximum absolute atomic E-state index is 14.5. The first-order valence-electron chi connectivity index (χ1n) is 9.95. The van der Waals surface area contributed by atoms with Gasteiger partial charge in [0, 0.05) is 10.6 Å². The van der Waals surface area contributed by atoms with Crippen molar-refractivity contribution in [1.29, 1.82) is 0 Å². The molecule has 1 aliphatic heterocycles. The van der Waals surface area contributed by atoms with Crippen molar-refractivity contribution in [3.05, 3.63) is 105 Å². The van der Waals surface area contributed by atoms with Crippen molar-refractivity contribution in [2.24, 2.45) is 0 Å². The molecule has 0 bridgehead atoms. The second-order valence-electron chi connectivity index (χ2n) is 7.78. The minimum absolute atomic E-state index is 0.170. The van der Waals surface area contributed by atoms with Crippen LogP contribution in [0.1, 0.15) is 28.4 Å². The number of nitrogens with one attached hydrogen (secondary N) is 2. The Morgan fingerprint density at radius 2 is 1.62 bits per heavy atom. The Kier molecular flexibility index (Phi) is 6.21. The highest BCUT2D eigenvalue weighted by atomic mass is 35.5. The van der Waals surface area contributed by atoms with Crippen LogP contribution in [0.3, 0.4) is 0 Å². The average molecular weight is 431 g/mol. The maximum Gasteiger partial charge on any atom is 0.241 e. The summed E-state index contributed by atoms with van der Waals surface area (Å²) in [5, 5.41) is 1.22. The van der Waals surface area contributed by atoms with Crippen molar-refractivity contribution >= 4 is 23.2 Å². The first kappa shape index (κ1) is 20.4. The van der Waals surface area contributed by atoms with E-state index in [2.05, 4.69) is 37.3 Å². The predicted octanol–water partition coefficient (Wildman–Crippen LogP) is 3.62. The minimum Gasteiger partial charge on any atom is -0.274 e. The van der Waals surface area contributed by atoms with Crippen LogP contribution in [0.2, 0.25) is 10.0 Å². The Morgan fingerprint density at radius 3 is 2.34 bits per heavy atom. The number of hydrogen-bond donors (Lipinski definition) is 2. The van der Waals surface area contributed by atoms with Crippen molar-refractivity contribution in [1.82, 2.24) is 0 Å². The SMILES string of the molecule is Cc1ccccc1C[NH+]1CC[NH+](Cc2c(F)cccc2Cl)C1c1cccc(Cl)c1. The highest BCUT2D eigenvalue weighted by molar-refractivity contribution is 6.31. The summed E-state index contributed by atoms with van der Waals surface area (Å²) in [7, 11) is 0. The number of rotatable bonds is 5. The third-order valence-electron chi connectivity index (χ3n) is 5.91. The van der Waals surface area contributed by atoms with E-state index in [0.29, 0.717) is 17.1 Å². The van der Waals surface area contributed by atoms with Gasteiger partial charge >= 0.3 is 0 Å². The normalized spacial score (nSPS) is 21.4. The molecule has 2 nitrogen and oxygen atoms in total. The van der Waals surface area contributed by atoms with Gasteiger partial charge in [0.1, 0.15) is 32.0 Å². The van der Waals surface area contributed by atoms with E-state index in [-0.39, 0.29) is 12.0 Å². The molecule has 29 heavy (non-hydrogen) atoms. The lowest BCUT2D eigenvalue weighted by Crippen LogP contribution is -3.22. The van der Waals surface area contributed by atoms with Crippen LogP contribution in [0.25, 0.3) is 0 Å². The molecule has 0 aliphatic carbocycles. The molecule has 1 heterocycles. The van der Waals surface area contributed by atoms with Gasteiger partial charge in [0.2, 0.25) is 6.17 Å². The third kappa shape index (κ3) is 4.49. The van der Waals surface area contributed by atoms with Crippen LogP contribution in [0.5, 0.6) is 0 Å². The lowest BCUT2D eigenvalue weighted by Gasteiger charge is -2.25. The van der Waals surface area contributed by atoms with Gasteiger partial charge < -0.3 is 0 Å². The van der Waals surface area contributed by atoms with Crippen LogP contribution in [-0.4, -0.2) is 13.1 Å². The number of quaternary nitrogens is 2. The van der Waals surface area contributed by atoms with E-state index in [0.717, 1.165) is 24.7 Å². The predicted molar refractivity (Wildman–Crippen MR) is 116 cm³/mol. The van der Waals surface area contributed by atoms with Gasteiger partial charge in [-0.1, -0.05) is 59.6 Å². The molecule has 1 fully saturated rings. The second kappa shape index (κ2) is 8.85. The topological polar surface area (TPSA) is 8.88 Å². The number of hydrogen-bond acceptors (Lipinski definition) is 0. The Hall–Kier alpha value is -1.91. The highest BCUT2D eigenvalue weighted by Gasteiger charge is 2.41. The average Bonchev–Trinajstić information content (AvgIpc) is 3.09. The van der Waals surface area contributed by atoms with Crippen LogP contribution < -0.4 is 9.80 Å². The molecule has 1 saturated heterocycles. The van der Waals surface area contributed by atoms with Crippen LogP contribution in [0.15, 0.2) is 66.7 Å². The lowest BCUT2D eigenvalue weighted by molar-refractivity contribution is -1.09. The molecular formula is C24H25Cl2FN2+2. The van der Waals surface area contributed by atoms with Crippen molar-refractivity contribution in [2.45, 2.75) is 26.2 Å². The van der Waals surface area contributed by atoms with Gasteiger partial charge in [-0.2, -0.15) is 0 Å². The molecule has 3 atom stereocenters. The van der Waals surface area contributed by atoms with E-state index in [4.69, 9.17) is 23.2 Å². The van der Waals surface area contributed by atoms with E-state index in [1.807, 2.05) is 18.2 Å². The molecule has 0 spiro atoms. The molecule has 3 aromatic carbocycles. The quantitative estimate of drug-likeness (QED) is 0.611. The van der Waals surface area contributed by atoms with Crippen LogP contribution in [0.4, 0.5) is 4.39 Å². The molecule has 0 radical (unpaired) electrons. The Labute approximate surface area is 181 Å². The first-order chi connectivity index (χ1) is 14.0. The molecule has 2 N–H and O–H groups in total. The molecule has 3 unspecified atom stereocenters. The summed E-state index contributed by atoms with van der Waals surface area (Å²) in [6.07, 6.45) is 0.170. The number of benzene rings is 3. The van der Waals surface area contributed by atoms with Crippen LogP contribution in [-0.2, 0) is 13.1 Å². The number of aryl methyl sites for hydroxylation is 1.